The number of carbonyl (C=O) groups is 1. The molecule has 32 heavy (non-hydrogen) atoms. The molecule has 6 heteroatoms. The van der Waals surface area contributed by atoms with Crippen molar-refractivity contribution < 1.29 is 9.90 Å². The molecule has 1 amide bonds. The normalized spacial score (nSPS) is 15.7. The molecule has 3 N–H and O–H groups in total. The number of aromatic nitrogens is 1. The van der Waals surface area contributed by atoms with Gasteiger partial charge in [0.1, 0.15) is 6.23 Å². The number of carbonyl (C=O) groups excluding carboxylic acids is 1. The van der Waals surface area contributed by atoms with Crippen molar-refractivity contribution in [2.24, 2.45) is 0 Å². The van der Waals surface area contributed by atoms with Crippen LogP contribution >= 0.6 is 11.8 Å². The molecule has 0 aliphatic carbocycles. The minimum atomic E-state index is -0.852. The van der Waals surface area contributed by atoms with E-state index in [9.17, 15) is 9.90 Å². The first-order valence-electron chi connectivity index (χ1n) is 11.3. The molecule has 168 valence electrons. The van der Waals surface area contributed by atoms with E-state index >= 15 is 0 Å². The van der Waals surface area contributed by atoms with Crippen LogP contribution < -0.4 is 10.6 Å². The second-order valence-electron chi connectivity index (χ2n) is 8.07. The van der Waals surface area contributed by atoms with Crippen LogP contribution in [0.3, 0.4) is 0 Å². The number of thioether (sulfide) groups is 1. The number of amides is 1. The average molecular weight is 450 g/mol. The lowest BCUT2D eigenvalue weighted by Gasteiger charge is -2.22. The first-order valence-corrected chi connectivity index (χ1v) is 12.3. The second-order valence-corrected chi connectivity index (χ2v) is 9.16. The zero-order chi connectivity index (χ0) is 22.5. The van der Waals surface area contributed by atoms with Crippen LogP contribution in [0.15, 0.2) is 71.8 Å². The number of aliphatic hydroxyl groups is 1. The van der Waals surface area contributed by atoms with Gasteiger partial charge in [-0.25, -0.2) is 0 Å². The molecule has 0 fully saturated rings. The quantitative estimate of drug-likeness (QED) is 0.393. The standard InChI is InChI=1S/C26H31N3O2S/c1-3-21(18-11-7-5-8-12-18)27-24(30)20-17-23(29-15-16-32-26(20)29)25(31)28-22(4-2)19-13-9-6-10-14-19/h5-14,17,21-22,25,28,31H,3-4,15-16H2,1-2H3,(H,27,30)/t21-,22-,25?/m1/s1. The van der Waals surface area contributed by atoms with Gasteiger partial charge in [-0.15, -0.1) is 11.8 Å². The van der Waals surface area contributed by atoms with Crippen molar-refractivity contribution in [2.75, 3.05) is 5.75 Å². The van der Waals surface area contributed by atoms with Crippen LogP contribution in [0, 0.1) is 0 Å². The van der Waals surface area contributed by atoms with Crippen LogP contribution in [-0.2, 0) is 6.54 Å². The van der Waals surface area contributed by atoms with Gasteiger partial charge >= 0.3 is 0 Å². The van der Waals surface area contributed by atoms with Crippen molar-refractivity contribution in [3.8, 4) is 0 Å². The largest absolute Gasteiger partial charge is 0.373 e. The van der Waals surface area contributed by atoms with Gasteiger partial charge in [0.2, 0.25) is 0 Å². The highest BCUT2D eigenvalue weighted by Crippen LogP contribution is 2.35. The highest BCUT2D eigenvalue weighted by atomic mass is 32.2. The van der Waals surface area contributed by atoms with Crippen molar-refractivity contribution in [1.82, 2.24) is 15.2 Å². The van der Waals surface area contributed by atoms with Crippen LogP contribution in [0.4, 0.5) is 0 Å². The maximum absolute atomic E-state index is 13.2. The summed E-state index contributed by atoms with van der Waals surface area (Å²) in [6.07, 6.45) is 0.812. The molecule has 0 radical (unpaired) electrons. The third kappa shape index (κ3) is 4.77. The molecule has 1 aliphatic heterocycles. The van der Waals surface area contributed by atoms with Crippen molar-refractivity contribution >= 4 is 17.7 Å². The van der Waals surface area contributed by atoms with E-state index in [-0.39, 0.29) is 18.0 Å². The Morgan fingerprint density at radius 3 is 2.19 bits per heavy atom. The smallest absolute Gasteiger partial charge is 0.254 e. The predicted octanol–water partition coefficient (Wildman–Crippen LogP) is 5.21. The van der Waals surface area contributed by atoms with E-state index in [2.05, 4.69) is 41.2 Å². The first-order chi connectivity index (χ1) is 15.6. The molecule has 2 heterocycles. The Hall–Kier alpha value is -2.54. The van der Waals surface area contributed by atoms with Crippen LogP contribution in [-0.4, -0.2) is 21.3 Å². The lowest BCUT2D eigenvalue weighted by molar-refractivity contribution is 0.0932. The average Bonchev–Trinajstić information content (AvgIpc) is 3.45. The summed E-state index contributed by atoms with van der Waals surface area (Å²) in [6.45, 7) is 4.97. The molecular formula is C26H31N3O2S. The summed E-state index contributed by atoms with van der Waals surface area (Å²) in [5.74, 6) is 0.814. The summed E-state index contributed by atoms with van der Waals surface area (Å²) in [5.41, 5.74) is 3.63. The summed E-state index contributed by atoms with van der Waals surface area (Å²) >= 11 is 1.68. The first kappa shape index (κ1) is 22.6. The SMILES string of the molecule is CC[C@@H](NC(=O)c1cc(C(O)N[C@H](CC)c2ccccc2)n2c1SCC2)c1ccccc1. The Bertz CT molecular complexity index is 1040. The number of hydrogen-bond donors (Lipinski definition) is 3. The Labute approximate surface area is 194 Å². The van der Waals surface area contributed by atoms with Gasteiger partial charge in [-0.2, -0.15) is 0 Å². The lowest BCUT2D eigenvalue weighted by Crippen LogP contribution is -2.28. The monoisotopic (exact) mass is 449 g/mol. The lowest BCUT2D eigenvalue weighted by atomic mass is 10.0. The van der Waals surface area contributed by atoms with E-state index < -0.39 is 6.23 Å². The minimum absolute atomic E-state index is 0.0336. The highest BCUT2D eigenvalue weighted by Gasteiger charge is 2.29. The van der Waals surface area contributed by atoms with Crippen LogP contribution in [0.25, 0.3) is 0 Å². The third-order valence-electron chi connectivity index (χ3n) is 6.04. The van der Waals surface area contributed by atoms with Crippen molar-refractivity contribution in [1.29, 1.82) is 0 Å². The molecule has 1 aliphatic rings. The minimum Gasteiger partial charge on any atom is -0.373 e. The summed E-state index contributed by atoms with van der Waals surface area (Å²) in [6, 6.07) is 22.0. The Kier molecular flexibility index (Phi) is 7.35. The van der Waals surface area contributed by atoms with Gasteiger partial charge in [-0.1, -0.05) is 74.5 Å². The van der Waals surface area contributed by atoms with Crippen molar-refractivity contribution in [3.63, 3.8) is 0 Å². The highest BCUT2D eigenvalue weighted by molar-refractivity contribution is 7.99. The summed E-state index contributed by atoms with van der Waals surface area (Å²) < 4.78 is 2.08. The van der Waals surface area contributed by atoms with Gasteiger partial charge < -0.3 is 15.0 Å². The molecule has 5 nitrogen and oxygen atoms in total. The van der Waals surface area contributed by atoms with Gasteiger partial charge in [0.15, 0.2) is 0 Å². The molecule has 3 atom stereocenters. The maximum atomic E-state index is 13.2. The molecule has 0 bridgehead atoms. The predicted molar refractivity (Wildman–Crippen MR) is 130 cm³/mol. The summed E-state index contributed by atoms with van der Waals surface area (Å²) in [4.78, 5) is 13.2. The van der Waals surface area contributed by atoms with Crippen LogP contribution in [0.1, 0.15) is 72.2 Å². The van der Waals surface area contributed by atoms with E-state index in [1.54, 1.807) is 11.8 Å². The Morgan fingerprint density at radius 1 is 1.00 bits per heavy atom. The summed E-state index contributed by atoms with van der Waals surface area (Å²) in [7, 11) is 0. The molecule has 0 saturated heterocycles. The fourth-order valence-corrected chi connectivity index (χ4v) is 5.44. The zero-order valence-corrected chi connectivity index (χ0v) is 19.4. The van der Waals surface area contributed by atoms with E-state index in [4.69, 9.17) is 0 Å². The number of benzene rings is 2. The van der Waals surface area contributed by atoms with Crippen molar-refractivity contribution in [3.05, 3.63) is 89.1 Å². The fraction of sp³-hybridized carbons (Fsp3) is 0.346. The topological polar surface area (TPSA) is 66.3 Å². The van der Waals surface area contributed by atoms with Gasteiger partial charge in [0.05, 0.1) is 22.3 Å². The number of fused-ring (bicyclic) bond motifs is 1. The number of rotatable bonds is 9. The van der Waals surface area contributed by atoms with Gasteiger partial charge in [-0.3, -0.25) is 10.1 Å². The number of aliphatic hydroxyl groups excluding tert-OH is 1. The number of hydrogen-bond acceptors (Lipinski definition) is 4. The molecule has 4 rings (SSSR count). The van der Waals surface area contributed by atoms with E-state index in [0.29, 0.717) is 5.56 Å². The molecule has 2 aromatic carbocycles. The molecule has 3 aromatic rings. The van der Waals surface area contributed by atoms with Gasteiger partial charge in [-0.05, 0) is 30.0 Å². The molecule has 1 aromatic heterocycles. The fourth-order valence-electron chi connectivity index (χ4n) is 4.31. The van der Waals surface area contributed by atoms with Crippen LogP contribution in [0.2, 0.25) is 0 Å². The van der Waals surface area contributed by atoms with E-state index in [0.717, 1.165) is 47.0 Å². The van der Waals surface area contributed by atoms with Gasteiger partial charge in [0.25, 0.3) is 5.91 Å². The number of nitrogens with zero attached hydrogens (tertiary/aromatic N) is 1. The Morgan fingerprint density at radius 2 is 1.59 bits per heavy atom. The van der Waals surface area contributed by atoms with E-state index in [1.165, 1.54) is 0 Å². The molecule has 1 unspecified atom stereocenters. The van der Waals surface area contributed by atoms with Crippen molar-refractivity contribution in [2.45, 2.75) is 56.6 Å². The van der Waals surface area contributed by atoms with Crippen LogP contribution in [0.5, 0.6) is 0 Å². The number of nitrogens with one attached hydrogen (secondary N) is 2. The third-order valence-corrected chi connectivity index (χ3v) is 7.14. The molecular weight excluding hydrogens is 418 g/mol. The maximum Gasteiger partial charge on any atom is 0.254 e. The zero-order valence-electron chi connectivity index (χ0n) is 18.6. The molecule has 0 spiro atoms. The second kappa shape index (κ2) is 10.4. The van der Waals surface area contributed by atoms with Gasteiger partial charge in [0, 0.05) is 18.3 Å². The van der Waals surface area contributed by atoms with E-state index in [1.807, 2.05) is 54.6 Å². The summed E-state index contributed by atoms with van der Waals surface area (Å²) in [5, 5.41) is 18.6. The Balaban J connectivity index is 1.55. The molecule has 0 saturated carbocycles.